The van der Waals surface area contributed by atoms with Crippen LogP contribution in [0.1, 0.15) is 14.4 Å². The van der Waals surface area contributed by atoms with Gasteiger partial charge in [0.1, 0.15) is 22.7 Å². The summed E-state index contributed by atoms with van der Waals surface area (Å²) in [6.45, 7) is 2.52. The van der Waals surface area contributed by atoms with E-state index in [0.29, 0.717) is 29.3 Å². The first-order valence-corrected chi connectivity index (χ1v) is 6.38. The average molecular weight is 310 g/mol. The van der Waals surface area contributed by atoms with Gasteiger partial charge in [-0.2, -0.15) is 0 Å². The Morgan fingerprint density at radius 1 is 0.636 bits per heavy atom. The normalized spacial score (nSPS) is 9.45. The van der Waals surface area contributed by atoms with E-state index in [1.807, 2.05) is 6.92 Å². The smallest absolute Gasteiger partial charge is 0.253 e. The van der Waals surface area contributed by atoms with Gasteiger partial charge in [0.15, 0.2) is 0 Å². The SMILES string of the molecule is C.CCNc1c(NC)c(=O)c1=O.CNc1c(NC)c(=O)c1=O. The number of anilines is 4. The highest BCUT2D eigenvalue weighted by Gasteiger charge is 2.18. The molecule has 0 unspecified atom stereocenters. The molecule has 0 aliphatic rings. The second-order valence-electron chi connectivity index (χ2n) is 4.10. The van der Waals surface area contributed by atoms with Crippen molar-refractivity contribution in [1.29, 1.82) is 0 Å². The van der Waals surface area contributed by atoms with Crippen molar-refractivity contribution < 1.29 is 0 Å². The van der Waals surface area contributed by atoms with Crippen molar-refractivity contribution in [1.82, 2.24) is 0 Å². The summed E-state index contributed by atoms with van der Waals surface area (Å²) < 4.78 is 0. The molecule has 0 radical (unpaired) electrons. The lowest BCUT2D eigenvalue weighted by atomic mass is 10.2. The van der Waals surface area contributed by atoms with Gasteiger partial charge in [0.2, 0.25) is 0 Å². The van der Waals surface area contributed by atoms with Crippen LogP contribution in [0.15, 0.2) is 19.2 Å². The third-order valence-electron chi connectivity index (χ3n) is 2.92. The molecule has 2 rings (SSSR count). The minimum atomic E-state index is -0.438. The number of rotatable bonds is 5. The molecule has 0 aliphatic carbocycles. The molecule has 0 atom stereocenters. The van der Waals surface area contributed by atoms with Crippen molar-refractivity contribution in [2.45, 2.75) is 14.4 Å². The maximum absolute atomic E-state index is 10.8. The maximum Gasteiger partial charge on any atom is 0.253 e. The number of hydrogen-bond acceptors (Lipinski definition) is 8. The second kappa shape index (κ2) is 7.96. The largest absolute Gasteiger partial charge is 0.383 e. The van der Waals surface area contributed by atoms with Crippen LogP contribution in [0.25, 0.3) is 0 Å². The van der Waals surface area contributed by atoms with E-state index in [4.69, 9.17) is 0 Å². The molecule has 0 spiro atoms. The van der Waals surface area contributed by atoms with Crippen molar-refractivity contribution in [2.24, 2.45) is 0 Å². The molecular weight excluding hydrogens is 288 g/mol. The molecule has 4 N–H and O–H groups in total. The fourth-order valence-electron chi connectivity index (χ4n) is 1.84. The van der Waals surface area contributed by atoms with Gasteiger partial charge < -0.3 is 21.3 Å². The zero-order valence-corrected chi connectivity index (χ0v) is 12.3. The fourth-order valence-corrected chi connectivity index (χ4v) is 1.84. The van der Waals surface area contributed by atoms with Crippen LogP contribution in [-0.2, 0) is 0 Å². The molecule has 8 nitrogen and oxygen atoms in total. The van der Waals surface area contributed by atoms with Gasteiger partial charge in [-0.3, -0.25) is 19.2 Å². The summed E-state index contributed by atoms with van der Waals surface area (Å²) in [7, 11) is 4.84. The molecule has 0 fully saturated rings. The summed E-state index contributed by atoms with van der Waals surface area (Å²) in [5, 5.41) is 10.7. The van der Waals surface area contributed by atoms with Gasteiger partial charge in [-0.1, -0.05) is 7.43 Å². The maximum atomic E-state index is 10.8. The zero-order chi connectivity index (χ0) is 16.2. The van der Waals surface area contributed by atoms with Gasteiger partial charge in [-0.05, 0) is 6.92 Å². The van der Waals surface area contributed by atoms with Gasteiger partial charge in [0, 0.05) is 27.7 Å². The molecule has 8 heteroatoms. The van der Waals surface area contributed by atoms with Crippen LogP contribution >= 0.6 is 0 Å². The van der Waals surface area contributed by atoms with Gasteiger partial charge in [-0.15, -0.1) is 0 Å². The predicted octanol–water partition coefficient (Wildman–Crippen LogP) is -0.242. The quantitative estimate of drug-likeness (QED) is 0.559. The molecule has 2 aromatic carbocycles. The second-order valence-corrected chi connectivity index (χ2v) is 4.10. The Hall–Kier alpha value is -2.64. The highest BCUT2D eigenvalue weighted by atomic mass is 16.2. The Morgan fingerprint density at radius 2 is 0.909 bits per heavy atom. The van der Waals surface area contributed by atoms with Crippen molar-refractivity contribution in [2.75, 3.05) is 49.0 Å². The van der Waals surface area contributed by atoms with Crippen molar-refractivity contribution in [3.63, 3.8) is 0 Å². The minimum Gasteiger partial charge on any atom is -0.383 e. The van der Waals surface area contributed by atoms with E-state index in [-0.39, 0.29) is 7.43 Å². The monoisotopic (exact) mass is 310 g/mol. The van der Waals surface area contributed by atoms with E-state index < -0.39 is 21.7 Å². The Bertz CT molecular complexity index is 733. The van der Waals surface area contributed by atoms with E-state index in [9.17, 15) is 19.2 Å². The van der Waals surface area contributed by atoms with E-state index in [2.05, 4.69) is 21.3 Å². The lowest BCUT2D eigenvalue weighted by molar-refractivity contribution is 1.18. The molecular formula is C14H22N4O4. The lowest BCUT2D eigenvalue weighted by Crippen LogP contribution is -2.36. The fraction of sp³-hybridized carbons (Fsp3) is 0.429. The molecule has 0 bridgehead atoms. The Kier molecular flexibility index (Phi) is 7.01. The minimum absolute atomic E-state index is 0. The van der Waals surface area contributed by atoms with E-state index in [1.165, 1.54) is 0 Å². The van der Waals surface area contributed by atoms with E-state index >= 15 is 0 Å². The topological polar surface area (TPSA) is 116 Å². The van der Waals surface area contributed by atoms with Crippen LogP contribution in [0, 0.1) is 0 Å². The van der Waals surface area contributed by atoms with Crippen molar-refractivity contribution in [3.8, 4) is 0 Å². The van der Waals surface area contributed by atoms with E-state index in [1.54, 1.807) is 21.1 Å². The molecule has 0 saturated heterocycles. The Labute approximate surface area is 127 Å². The van der Waals surface area contributed by atoms with Crippen molar-refractivity contribution >= 4 is 22.7 Å². The molecule has 0 heterocycles. The first-order chi connectivity index (χ1) is 9.94. The molecule has 0 aromatic heterocycles. The van der Waals surface area contributed by atoms with Crippen LogP contribution in [0.4, 0.5) is 22.7 Å². The van der Waals surface area contributed by atoms with Gasteiger partial charge in [0.05, 0.1) is 0 Å². The average Bonchev–Trinajstić information content (AvgIpc) is 2.51. The van der Waals surface area contributed by atoms with Crippen LogP contribution in [-0.4, -0.2) is 27.7 Å². The van der Waals surface area contributed by atoms with Crippen LogP contribution in [0.5, 0.6) is 0 Å². The summed E-state index contributed by atoms with van der Waals surface area (Å²) >= 11 is 0. The summed E-state index contributed by atoms with van der Waals surface area (Å²) in [6.07, 6.45) is 0. The van der Waals surface area contributed by atoms with Crippen LogP contribution < -0.4 is 43.0 Å². The summed E-state index contributed by atoms with van der Waals surface area (Å²) in [6, 6.07) is 0. The third kappa shape index (κ3) is 3.16. The zero-order valence-electron chi connectivity index (χ0n) is 12.3. The molecule has 22 heavy (non-hydrogen) atoms. The third-order valence-corrected chi connectivity index (χ3v) is 2.92. The van der Waals surface area contributed by atoms with Gasteiger partial charge in [0.25, 0.3) is 21.7 Å². The summed E-state index contributed by atoms with van der Waals surface area (Å²) in [5.41, 5.74) is -0.143. The summed E-state index contributed by atoms with van der Waals surface area (Å²) in [4.78, 5) is 42.9. The highest BCUT2D eigenvalue weighted by molar-refractivity contribution is 5.74. The highest BCUT2D eigenvalue weighted by Crippen LogP contribution is 2.12. The predicted molar refractivity (Wildman–Crippen MR) is 92.2 cm³/mol. The first kappa shape index (κ1) is 19.4. The van der Waals surface area contributed by atoms with E-state index in [0.717, 1.165) is 0 Å². The molecule has 0 amide bonds. The van der Waals surface area contributed by atoms with Gasteiger partial charge >= 0.3 is 0 Å². The standard InChI is InChI=1S/C7H10N2O2.C6H8N2O2.CH4/c1-3-9-5-4(8-2)6(10)7(5)11;1-7-3-4(8-2)6(10)5(3)9;/h8-9H,3H2,1-2H3;7-8H,1-2H3;1H4. The Morgan fingerprint density at radius 3 is 1.18 bits per heavy atom. The lowest BCUT2D eigenvalue weighted by Gasteiger charge is -2.09. The van der Waals surface area contributed by atoms with Gasteiger partial charge in [-0.25, -0.2) is 0 Å². The Balaban J connectivity index is 0.000000385. The summed E-state index contributed by atoms with van der Waals surface area (Å²) in [5.74, 6) is 0. The molecule has 122 valence electrons. The number of hydrogen-bond donors (Lipinski definition) is 4. The molecule has 0 saturated carbocycles. The molecule has 0 aliphatic heterocycles. The van der Waals surface area contributed by atoms with Crippen LogP contribution in [0.3, 0.4) is 0 Å². The molecule has 2 aromatic rings. The first-order valence-electron chi connectivity index (χ1n) is 6.38. The van der Waals surface area contributed by atoms with Crippen molar-refractivity contribution in [3.05, 3.63) is 40.9 Å². The van der Waals surface area contributed by atoms with Crippen LogP contribution in [0.2, 0.25) is 0 Å². The number of nitrogens with one attached hydrogen (secondary N) is 4.